The predicted octanol–water partition coefficient (Wildman–Crippen LogP) is 2.44. The van der Waals surface area contributed by atoms with Crippen LogP contribution in [0.25, 0.3) is 0 Å². The van der Waals surface area contributed by atoms with Gasteiger partial charge in [-0.05, 0) is 23.7 Å². The molecule has 0 heterocycles. The zero-order valence-electron chi connectivity index (χ0n) is 6.83. The molecule has 0 aliphatic rings. The van der Waals surface area contributed by atoms with E-state index in [0.717, 1.165) is 6.42 Å². The fourth-order valence-corrected chi connectivity index (χ4v) is 1.34. The van der Waals surface area contributed by atoms with Crippen LogP contribution in [0.3, 0.4) is 0 Å². The first-order valence-electron chi connectivity index (χ1n) is 3.88. The van der Waals surface area contributed by atoms with Crippen molar-refractivity contribution >= 4 is 11.6 Å². The first-order chi connectivity index (χ1) is 5.88. The molecule has 1 rings (SSSR count). The standard InChI is InChI=1S/C10H12ClN/c11-8-10-5-2-1-4-9(10)6-3-7-12/h1-5,7H,6,8,12H2/b7-3-. The van der Waals surface area contributed by atoms with Gasteiger partial charge in [-0.2, -0.15) is 0 Å². The quantitative estimate of drug-likeness (QED) is 0.713. The van der Waals surface area contributed by atoms with Gasteiger partial charge in [0.2, 0.25) is 0 Å². The molecule has 0 aliphatic carbocycles. The van der Waals surface area contributed by atoms with Crippen LogP contribution in [-0.4, -0.2) is 0 Å². The summed E-state index contributed by atoms with van der Waals surface area (Å²) < 4.78 is 0. The van der Waals surface area contributed by atoms with E-state index in [-0.39, 0.29) is 0 Å². The Labute approximate surface area is 77.8 Å². The molecular weight excluding hydrogens is 170 g/mol. The van der Waals surface area contributed by atoms with Crippen molar-refractivity contribution in [2.24, 2.45) is 5.73 Å². The second kappa shape index (κ2) is 4.83. The summed E-state index contributed by atoms with van der Waals surface area (Å²) in [5.74, 6) is 0.564. The number of nitrogens with two attached hydrogens (primary N) is 1. The Morgan fingerprint density at radius 2 is 1.92 bits per heavy atom. The fraction of sp³-hybridized carbons (Fsp3) is 0.200. The predicted molar refractivity (Wildman–Crippen MR) is 53.0 cm³/mol. The van der Waals surface area contributed by atoms with Gasteiger partial charge in [-0.1, -0.05) is 30.3 Å². The summed E-state index contributed by atoms with van der Waals surface area (Å²) in [4.78, 5) is 0. The number of benzene rings is 1. The number of allylic oxidation sites excluding steroid dienone is 1. The second-order valence-corrected chi connectivity index (χ2v) is 2.80. The lowest BCUT2D eigenvalue weighted by atomic mass is 10.1. The smallest absolute Gasteiger partial charge is 0.0476 e. The lowest BCUT2D eigenvalue weighted by Crippen LogP contribution is -1.89. The van der Waals surface area contributed by atoms with Gasteiger partial charge in [0.1, 0.15) is 0 Å². The third kappa shape index (κ3) is 2.28. The Hall–Kier alpha value is -0.950. The molecule has 0 radical (unpaired) electrons. The maximum absolute atomic E-state index is 5.76. The Bertz CT molecular complexity index is 268. The van der Waals surface area contributed by atoms with Crippen molar-refractivity contribution in [3.05, 3.63) is 47.7 Å². The van der Waals surface area contributed by atoms with Gasteiger partial charge in [-0.3, -0.25) is 0 Å². The zero-order valence-corrected chi connectivity index (χ0v) is 7.59. The van der Waals surface area contributed by atoms with Gasteiger partial charge in [0.15, 0.2) is 0 Å². The van der Waals surface area contributed by atoms with E-state index in [4.69, 9.17) is 17.3 Å². The molecule has 1 nitrogen and oxygen atoms in total. The van der Waals surface area contributed by atoms with E-state index < -0.39 is 0 Å². The molecule has 0 unspecified atom stereocenters. The second-order valence-electron chi connectivity index (χ2n) is 2.53. The third-order valence-corrected chi connectivity index (χ3v) is 2.02. The van der Waals surface area contributed by atoms with E-state index in [9.17, 15) is 0 Å². The van der Waals surface area contributed by atoms with E-state index in [1.54, 1.807) is 6.20 Å². The van der Waals surface area contributed by atoms with E-state index in [0.29, 0.717) is 5.88 Å². The topological polar surface area (TPSA) is 26.0 Å². The maximum atomic E-state index is 5.76. The molecule has 0 bridgehead atoms. The minimum atomic E-state index is 0.564. The Morgan fingerprint density at radius 3 is 2.50 bits per heavy atom. The van der Waals surface area contributed by atoms with Crippen molar-refractivity contribution in [3.8, 4) is 0 Å². The highest BCUT2D eigenvalue weighted by atomic mass is 35.5. The maximum Gasteiger partial charge on any atom is 0.0476 e. The molecule has 12 heavy (non-hydrogen) atoms. The van der Waals surface area contributed by atoms with Gasteiger partial charge in [0.05, 0.1) is 0 Å². The number of rotatable bonds is 3. The van der Waals surface area contributed by atoms with Gasteiger partial charge in [-0.15, -0.1) is 11.6 Å². The first-order valence-corrected chi connectivity index (χ1v) is 4.41. The normalized spacial score (nSPS) is 10.8. The largest absolute Gasteiger partial charge is 0.405 e. The van der Waals surface area contributed by atoms with E-state index in [1.165, 1.54) is 11.1 Å². The number of alkyl halides is 1. The zero-order chi connectivity index (χ0) is 8.81. The highest BCUT2D eigenvalue weighted by Crippen LogP contribution is 2.11. The molecule has 2 N–H and O–H groups in total. The minimum absolute atomic E-state index is 0.564. The summed E-state index contributed by atoms with van der Waals surface area (Å²) >= 11 is 5.76. The SMILES string of the molecule is N/C=C\Cc1ccccc1CCl. The monoisotopic (exact) mass is 181 g/mol. The van der Waals surface area contributed by atoms with Crippen molar-refractivity contribution in [2.45, 2.75) is 12.3 Å². The van der Waals surface area contributed by atoms with Crippen molar-refractivity contribution in [3.63, 3.8) is 0 Å². The highest BCUT2D eigenvalue weighted by molar-refractivity contribution is 6.17. The van der Waals surface area contributed by atoms with Gasteiger partial charge >= 0.3 is 0 Å². The summed E-state index contributed by atoms with van der Waals surface area (Å²) in [5.41, 5.74) is 7.68. The molecule has 64 valence electrons. The van der Waals surface area contributed by atoms with Crippen LogP contribution < -0.4 is 5.73 Å². The van der Waals surface area contributed by atoms with E-state index in [2.05, 4.69) is 6.07 Å². The summed E-state index contributed by atoms with van der Waals surface area (Å²) in [6.45, 7) is 0. The van der Waals surface area contributed by atoms with Crippen LogP contribution in [0.5, 0.6) is 0 Å². The van der Waals surface area contributed by atoms with Gasteiger partial charge < -0.3 is 5.73 Å². The van der Waals surface area contributed by atoms with Crippen molar-refractivity contribution in [1.82, 2.24) is 0 Å². The molecule has 0 amide bonds. The molecule has 1 aromatic rings. The molecule has 0 atom stereocenters. The van der Waals surface area contributed by atoms with Crippen LogP contribution in [0.2, 0.25) is 0 Å². The van der Waals surface area contributed by atoms with Gasteiger partial charge in [0.25, 0.3) is 0 Å². The van der Waals surface area contributed by atoms with Crippen LogP contribution in [0, 0.1) is 0 Å². The average molecular weight is 182 g/mol. The average Bonchev–Trinajstić information content (AvgIpc) is 2.15. The molecule has 0 aliphatic heterocycles. The molecule has 0 saturated carbocycles. The Balaban J connectivity index is 2.81. The van der Waals surface area contributed by atoms with Crippen molar-refractivity contribution < 1.29 is 0 Å². The molecular formula is C10H12ClN. The Kier molecular flexibility index (Phi) is 3.68. The van der Waals surface area contributed by atoms with Crippen molar-refractivity contribution in [2.75, 3.05) is 0 Å². The van der Waals surface area contributed by atoms with Crippen LogP contribution in [-0.2, 0) is 12.3 Å². The summed E-state index contributed by atoms with van der Waals surface area (Å²) in [7, 11) is 0. The summed E-state index contributed by atoms with van der Waals surface area (Å²) in [6, 6.07) is 8.10. The Morgan fingerprint density at radius 1 is 1.25 bits per heavy atom. The lowest BCUT2D eigenvalue weighted by Gasteiger charge is -2.02. The lowest BCUT2D eigenvalue weighted by molar-refractivity contribution is 1.19. The fourth-order valence-electron chi connectivity index (χ4n) is 1.08. The molecule has 2 heteroatoms. The number of halogens is 1. The van der Waals surface area contributed by atoms with Crippen LogP contribution >= 0.6 is 11.6 Å². The number of hydrogen-bond donors (Lipinski definition) is 1. The van der Waals surface area contributed by atoms with Gasteiger partial charge in [0, 0.05) is 5.88 Å². The molecule has 1 aromatic carbocycles. The van der Waals surface area contributed by atoms with E-state index >= 15 is 0 Å². The summed E-state index contributed by atoms with van der Waals surface area (Å²) in [6.07, 6.45) is 4.34. The first kappa shape index (κ1) is 9.14. The van der Waals surface area contributed by atoms with Crippen LogP contribution in [0.1, 0.15) is 11.1 Å². The van der Waals surface area contributed by atoms with Crippen LogP contribution in [0.15, 0.2) is 36.5 Å². The van der Waals surface area contributed by atoms with E-state index in [1.807, 2.05) is 24.3 Å². The molecule has 0 aromatic heterocycles. The van der Waals surface area contributed by atoms with Gasteiger partial charge in [-0.25, -0.2) is 0 Å². The van der Waals surface area contributed by atoms with Crippen LogP contribution in [0.4, 0.5) is 0 Å². The van der Waals surface area contributed by atoms with Crippen molar-refractivity contribution in [1.29, 1.82) is 0 Å². The minimum Gasteiger partial charge on any atom is -0.405 e. The molecule has 0 fully saturated rings. The molecule has 0 spiro atoms. The molecule has 0 saturated heterocycles. The third-order valence-electron chi connectivity index (χ3n) is 1.74. The highest BCUT2D eigenvalue weighted by Gasteiger charge is 1.96. The summed E-state index contributed by atoms with van der Waals surface area (Å²) in [5, 5.41) is 0. The number of hydrogen-bond acceptors (Lipinski definition) is 1.